The highest BCUT2D eigenvalue weighted by atomic mass is 16.4. The highest BCUT2D eigenvalue weighted by Crippen LogP contribution is 2.21. The largest absolute Gasteiger partial charge is 0.416 e. The number of carbonyl (C=O) groups is 1. The number of hydrogen-bond donors (Lipinski definition) is 0. The summed E-state index contributed by atoms with van der Waals surface area (Å²) in [5.41, 5.74) is 1.03. The number of nitrogens with zero attached hydrogens (tertiary/aromatic N) is 5. The van der Waals surface area contributed by atoms with Crippen LogP contribution in [0.15, 0.2) is 28.9 Å². The van der Waals surface area contributed by atoms with Gasteiger partial charge in [0.25, 0.3) is 0 Å². The van der Waals surface area contributed by atoms with E-state index in [9.17, 15) is 4.79 Å². The molecule has 134 valence electrons. The number of aromatic nitrogens is 3. The van der Waals surface area contributed by atoms with Crippen molar-refractivity contribution in [1.82, 2.24) is 25.0 Å². The van der Waals surface area contributed by atoms with E-state index in [1.54, 1.807) is 4.90 Å². The Hall–Kier alpha value is -2.28. The summed E-state index contributed by atoms with van der Waals surface area (Å²) in [5.74, 6) is 0.416. The van der Waals surface area contributed by atoms with Crippen LogP contribution in [0.3, 0.4) is 0 Å². The van der Waals surface area contributed by atoms with E-state index >= 15 is 0 Å². The molecular weight excluding hydrogens is 318 g/mol. The van der Waals surface area contributed by atoms with Crippen LogP contribution in [0.4, 0.5) is 0 Å². The maximum atomic E-state index is 12.5. The summed E-state index contributed by atoms with van der Waals surface area (Å²) < 4.78 is 5.56. The fourth-order valence-electron chi connectivity index (χ4n) is 2.76. The molecule has 3 rings (SSSR count). The molecule has 0 atom stereocenters. The van der Waals surface area contributed by atoms with Gasteiger partial charge in [0.2, 0.25) is 5.89 Å². The van der Waals surface area contributed by atoms with Crippen LogP contribution < -0.4 is 0 Å². The Morgan fingerprint density at radius 3 is 2.40 bits per heavy atom. The molecule has 1 amide bonds. The molecule has 0 aromatic carbocycles. The number of amides is 1. The van der Waals surface area contributed by atoms with Crippen LogP contribution in [0.2, 0.25) is 0 Å². The molecule has 3 heterocycles. The van der Waals surface area contributed by atoms with Crippen molar-refractivity contribution in [2.24, 2.45) is 0 Å². The van der Waals surface area contributed by atoms with Gasteiger partial charge in [-0.1, -0.05) is 20.8 Å². The summed E-state index contributed by atoms with van der Waals surface area (Å²) in [4.78, 5) is 20.7. The molecule has 0 aliphatic carbocycles. The second-order valence-corrected chi connectivity index (χ2v) is 7.40. The van der Waals surface area contributed by atoms with E-state index in [1.807, 2.05) is 45.3 Å². The van der Waals surface area contributed by atoms with E-state index in [-0.39, 0.29) is 17.2 Å². The zero-order chi connectivity index (χ0) is 17.9. The SMILES string of the molecule is CC(C)(C)c1nnc(C(=O)N2CCN(CCc3ccncc3)CC2)o1. The van der Waals surface area contributed by atoms with Gasteiger partial charge in [0.05, 0.1) is 0 Å². The lowest BCUT2D eigenvalue weighted by Gasteiger charge is -2.34. The van der Waals surface area contributed by atoms with Crippen LogP contribution in [0.5, 0.6) is 0 Å². The summed E-state index contributed by atoms with van der Waals surface area (Å²) in [6.45, 7) is 10.0. The molecule has 0 N–H and O–H groups in total. The second kappa shape index (κ2) is 7.31. The molecule has 0 spiro atoms. The number of pyridine rings is 1. The van der Waals surface area contributed by atoms with E-state index in [1.165, 1.54) is 5.56 Å². The molecule has 1 aliphatic rings. The third-order valence-electron chi connectivity index (χ3n) is 4.38. The summed E-state index contributed by atoms with van der Waals surface area (Å²) in [6.07, 6.45) is 4.64. The highest BCUT2D eigenvalue weighted by Gasteiger charge is 2.28. The first-order chi connectivity index (χ1) is 11.9. The van der Waals surface area contributed by atoms with E-state index in [2.05, 4.69) is 20.1 Å². The Labute approximate surface area is 148 Å². The van der Waals surface area contributed by atoms with Crippen LogP contribution in [0.1, 0.15) is 42.9 Å². The van der Waals surface area contributed by atoms with E-state index < -0.39 is 0 Å². The number of hydrogen-bond acceptors (Lipinski definition) is 6. The van der Waals surface area contributed by atoms with Crippen molar-refractivity contribution >= 4 is 5.91 Å². The quantitative estimate of drug-likeness (QED) is 0.842. The van der Waals surface area contributed by atoms with Crippen LogP contribution in [-0.4, -0.2) is 63.6 Å². The van der Waals surface area contributed by atoms with Gasteiger partial charge < -0.3 is 9.32 Å². The molecule has 7 heteroatoms. The van der Waals surface area contributed by atoms with E-state index in [0.717, 1.165) is 26.1 Å². The molecule has 1 fully saturated rings. The number of rotatable bonds is 4. The first-order valence-corrected chi connectivity index (χ1v) is 8.68. The van der Waals surface area contributed by atoms with Gasteiger partial charge in [0.15, 0.2) is 0 Å². The first kappa shape index (κ1) is 17.5. The van der Waals surface area contributed by atoms with Gasteiger partial charge in [0, 0.05) is 50.5 Å². The molecule has 0 saturated carbocycles. The summed E-state index contributed by atoms with van der Waals surface area (Å²) in [7, 11) is 0. The molecule has 2 aromatic rings. The number of piperazine rings is 1. The fourth-order valence-corrected chi connectivity index (χ4v) is 2.76. The van der Waals surface area contributed by atoms with Gasteiger partial charge >= 0.3 is 11.8 Å². The molecule has 0 unspecified atom stereocenters. The molecule has 0 bridgehead atoms. The fraction of sp³-hybridized carbons (Fsp3) is 0.556. The van der Waals surface area contributed by atoms with Crippen molar-refractivity contribution in [3.63, 3.8) is 0 Å². The maximum Gasteiger partial charge on any atom is 0.311 e. The minimum Gasteiger partial charge on any atom is -0.416 e. The third-order valence-corrected chi connectivity index (χ3v) is 4.38. The van der Waals surface area contributed by atoms with Gasteiger partial charge in [-0.15, -0.1) is 10.2 Å². The Balaban J connectivity index is 1.50. The van der Waals surface area contributed by atoms with Crippen molar-refractivity contribution in [3.8, 4) is 0 Å². The third kappa shape index (κ3) is 4.42. The molecule has 1 saturated heterocycles. The molecular formula is C18H25N5O2. The monoisotopic (exact) mass is 343 g/mol. The summed E-state index contributed by atoms with van der Waals surface area (Å²) in [5, 5.41) is 7.93. The predicted octanol–water partition coefficient (Wildman–Crippen LogP) is 1.76. The van der Waals surface area contributed by atoms with Gasteiger partial charge in [-0.05, 0) is 24.1 Å². The van der Waals surface area contributed by atoms with Crippen LogP contribution >= 0.6 is 0 Å². The molecule has 7 nitrogen and oxygen atoms in total. The molecule has 1 aliphatic heterocycles. The minimum absolute atomic E-state index is 0.0927. The van der Waals surface area contributed by atoms with Crippen molar-refractivity contribution in [1.29, 1.82) is 0 Å². The minimum atomic E-state index is -0.253. The average Bonchev–Trinajstić information content (AvgIpc) is 3.11. The average molecular weight is 343 g/mol. The Morgan fingerprint density at radius 1 is 1.12 bits per heavy atom. The molecule has 0 radical (unpaired) electrons. The topological polar surface area (TPSA) is 75.4 Å². The van der Waals surface area contributed by atoms with Crippen molar-refractivity contribution in [3.05, 3.63) is 41.9 Å². The zero-order valence-corrected chi connectivity index (χ0v) is 15.1. The Bertz CT molecular complexity index is 700. The summed E-state index contributed by atoms with van der Waals surface area (Å²) in [6, 6.07) is 4.09. The second-order valence-electron chi connectivity index (χ2n) is 7.40. The van der Waals surface area contributed by atoms with Crippen LogP contribution in [-0.2, 0) is 11.8 Å². The molecule has 2 aromatic heterocycles. The maximum absolute atomic E-state index is 12.5. The van der Waals surface area contributed by atoms with E-state index in [4.69, 9.17) is 4.42 Å². The predicted molar refractivity (Wildman–Crippen MR) is 93.3 cm³/mol. The van der Waals surface area contributed by atoms with Crippen molar-refractivity contribution in [2.45, 2.75) is 32.6 Å². The lowest BCUT2D eigenvalue weighted by atomic mass is 9.97. The lowest BCUT2D eigenvalue weighted by Crippen LogP contribution is -2.49. The van der Waals surface area contributed by atoms with Gasteiger partial charge in [-0.25, -0.2) is 0 Å². The first-order valence-electron chi connectivity index (χ1n) is 8.68. The van der Waals surface area contributed by atoms with Gasteiger partial charge in [-0.3, -0.25) is 14.7 Å². The Morgan fingerprint density at radius 2 is 1.80 bits per heavy atom. The van der Waals surface area contributed by atoms with Crippen molar-refractivity contribution < 1.29 is 9.21 Å². The summed E-state index contributed by atoms with van der Waals surface area (Å²) >= 11 is 0. The smallest absolute Gasteiger partial charge is 0.311 e. The van der Waals surface area contributed by atoms with Crippen molar-refractivity contribution in [2.75, 3.05) is 32.7 Å². The van der Waals surface area contributed by atoms with E-state index in [0.29, 0.717) is 19.0 Å². The van der Waals surface area contributed by atoms with Crippen LogP contribution in [0.25, 0.3) is 0 Å². The highest BCUT2D eigenvalue weighted by molar-refractivity contribution is 5.89. The standard InChI is InChI=1S/C18H25N5O2/c1-18(2,3)17-21-20-15(25-17)16(24)23-12-10-22(11-13-23)9-6-14-4-7-19-8-5-14/h4-5,7-8H,6,9-13H2,1-3H3. The normalized spacial score (nSPS) is 16.2. The lowest BCUT2D eigenvalue weighted by molar-refractivity contribution is 0.0596. The Kier molecular flexibility index (Phi) is 5.13. The van der Waals surface area contributed by atoms with Gasteiger partial charge in [0.1, 0.15) is 0 Å². The van der Waals surface area contributed by atoms with Gasteiger partial charge in [-0.2, -0.15) is 0 Å². The zero-order valence-electron chi connectivity index (χ0n) is 15.1. The number of carbonyl (C=O) groups excluding carboxylic acids is 1. The van der Waals surface area contributed by atoms with Crippen LogP contribution in [0, 0.1) is 0 Å². The molecule has 25 heavy (non-hydrogen) atoms.